The van der Waals surface area contributed by atoms with Crippen LogP contribution in [0.2, 0.25) is 0 Å². The molecule has 5 heteroatoms. The Balaban J connectivity index is 2.92. The second-order valence-electron chi connectivity index (χ2n) is 2.73. The van der Waals surface area contributed by atoms with Crippen molar-refractivity contribution in [1.29, 1.82) is 0 Å². The van der Waals surface area contributed by atoms with Crippen LogP contribution in [0.25, 0.3) is 0 Å². The largest absolute Gasteiger partial charge is 0.342 e. The molecule has 13 heavy (non-hydrogen) atoms. The van der Waals surface area contributed by atoms with Crippen molar-refractivity contribution in [1.82, 2.24) is 0 Å². The highest BCUT2D eigenvalue weighted by atomic mass is 35.5. The molecule has 1 aromatic rings. The van der Waals surface area contributed by atoms with Crippen molar-refractivity contribution in [2.24, 2.45) is 5.73 Å². The number of benzene rings is 1. The minimum absolute atomic E-state index is 0.316. The number of hydrogen-bond donors (Lipinski definition) is 2. The highest BCUT2D eigenvalue weighted by Crippen LogP contribution is 2.52. The topological polar surface area (TPSA) is 63.3 Å². The number of nitrogens with two attached hydrogens (primary N) is 1. The summed E-state index contributed by atoms with van der Waals surface area (Å²) in [5, 5.41) is 0. The van der Waals surface area contributed by atoms with Gasteiger partial charge in [-0.15, -0.1) is 11.6 Å². The Kier molecular flexibility index (Phi) is 3.51. The van der Waals surface area contributed by atoms with Crippen molar-refractivity contribution in [3.8, 4) is 0 Å². The predicted octanol–water partition coefficient (Wildman–Crippen LogP) is 2.11. The lowest BCUT2D eigenvalue weighted by molar-refractivity contribution is 0.470. The molecule has 0 fully saturated rings. The average Bonchev–Trinajstić information content (AvgIpc) is 2.18. The van der Waals surface area contributed by atoms with E-state index < -0.39 is 13.2 Å². The van der Waals surface area contributed by atoms with Gasteiger partial charge in [-0.05, 0) is 5.56 Å². The van der Waals surface area contributed by atoms with Crippen LogP contribution in [0, 0.1) is 0 Å². The summed E-state index contributed by atoms with van der Waals surface area (Å²) < 4.78 is 11.4. The fourth-order valence-electron chi connectivity index (χ4n) is 0.957. The maximum Gasteiger partial charge on any atom is 0.235 e. The van der Waals surface area contributed by atoms with Crippen molar-refractivity contribution in [2.45, 2.75) is 5.78 Å². The maximum atomic E-state index is 11.4. The van der Waals surface area contributed by atoms with Crippen LogP contribution < -0.4 is 5.73 Å². The van der Waals surface area contributed by atoms with Crippen LogP contribution >= 0.6 is 19.0 Å². The molecule has 72 valence electrons. The van der Waals surface area contributed by atoms with Gasteiger partial charge in [-0.3, -0.25) is 4.57 Å². The standard InChI is InChI=1S/C8H11ClNO2P/c9-6-13(11,12)8(10)7-4-2-1-3-5-7/h1-5,8H,6,10H2,(H,11,12). The number of rotatable bonds is 3. The monoisotopic (exact) mass is 219 g/mol. The van der Waals surface area contributed by atoms with Gasteiger partial charge in [0, 0.05) is 0 Å². The molecule has 3 nitrogen and oxygen atoms in total. The van der Waals surface area contributed by atoms with Crippen LogP contribution in [0.4, 0.5) is 0 Å². The molecule has 3 N–H and O–H groups in total. The zero-order valence-corrected chi connectivity index (χ0v) is 8.58. The van der Waals surface area contributed by atoms with E-state index in [1.165, 1.54) is 0 Å². The van der Waals surface area contributed by atoms with Crippen LogP contribution in [-0.2, 0) is 4.57 Å². The van der Waals surface area contributed by atoms with E-state index in [0.717, 1.165) is 0 Å². The molecule has 1 aromatic carbocycles. The molecule has 2 unspecified atom stereocenters. The maximum absolute atomic E-state index is 11.4. The molecule has 0 heterocycles. The summed E-state index contributed by atoms with van der Waals surface area (Å²) in [6, 6.07) is 8.77. The van der Waals surface area contributed by atoms with Crippen molar-refractivity contribution in [3.63, 3.8) is 0 Å². The molecule has 0 aliphatic rings. The van der Waals surface area contributed by atoms with Crippen molar-refractivity contribution >= 4 is 19.0 Å². The Bertz CT molecular complexity index is 317. The molecule has 0 aromatic heterocycles. The van der Waals surface area contributed by atoms with Crippen LogP contribution in [0.15, 0.2) is 30.3 Å². The molecule has 1 rings (SSSR count). The van der Waals surface area contributed by atoms with Gasteiger partial charge in [0.1, 0.15) is 11.4 Å². The minimum Gasteiger partial charge on any atom is -0.342 e. The molecule has 0 saturated heterocycles. The smallest absolute Gasteiger partial charge is 0.235 e. The molecular weight excluding hydrogens is 209 g/mol. The predicted molar refractivity (Wildman–Crippen MR) is 53.9 cm³/mol. The second kappa shape index (κ2) is 4.25. The van der Waals surface area contributed by atoms with Crippen LogP contribution in [-0.4, -0.2) is 10.5 Å². The zero-order chi connectivity index (χ0) is 9.90. The molecular formula is C8H11ClNO2P. The van der Waals surface area contributed by atoms with E-state index >= 15 is 0 Å². The van der Waals surface area contributed by atoms with Gasteiger partial charge in [0.05, 0.1) is 0 Å². The summed E-state index contributed by atoms with van der Waals surface area (Å²) >= 11 is 5.34. The third-order valence-corrected chi connectivity index (χ3v) is 4.28. The van der Waals surface area contributed by atoms with E-state index in [1.54, 1.807) is 24.3 Å². The lowest BCUT2D eigenvalue weighted by Gasteiger charge is -2.16. The number of hydrogen-bond acceptors (Lipinski definition) is 2. The first-order chi connectivity index (χ1) is 6.08. The van der Waals surface area contributed by atoms with E-state index in [9.17, 15) is 9.46 Å². The van der Waals surface area contributed by atoms with Gasteiger partial charge in [-0.2, -0.15) is 0 Å². The highest BCUT2D eigenvalue weighted by Gasteiger charge is 2.27. The summed E-state index contributed by atoms with van der Waals surface area (Å²) in [6.07, 6.45) is 0. The molecule has 2 atom stereocenters. The molecule has 0 aliphatic heterocycles. The summed E-state index contributed by atoms with van der Waals surface area (Å²) in [5.74, 6) is -0.883. The van der Waals surface area contributed by atoms with Crippen LogP contribution in [0.3, 0.4) is 0 Å². The highest BCUT2D eigenvalue weighted by molar-refractivity contribution is 7.59. The number of halogens is 1. The first-order valence-electron chi connectivity index (χ1n) is 3.76. The molecule has 0 spiro atoms. The van der Waals surface area contributed by atoms with Gasteiger partial charge in [-0.1, -0.05) is 30.3 Å². The van der Waals surface area contributed by atoms with Crippen molar-refractivity contribution < 1.29 is 9.46 Å². The second-order valence-corrected chi connectivity index (χ2v) is 5.75. The normalized spacial score (nSPS) is 17.8. The molecule has 0 amide bonds. The third kappa shape index (κ3) is 2.55. The molecule has 0 radical (unpaired) electrons. The van der Waals surface area contributed by atoms with Gasteiger partial charge < -0.3 is 10.6 Å². The lowest BCUT2D eigenvalue weighted by atomic mass is 10.2. The van der Waals surface area contributed by atoms with E-state index in [0.29, 0.717) is 5.56 Å². The average molecular weight is 220 g/mol. The Morgan fingerprint density at radius 2 is 2.00 bits per heavy atom. The van der Waals surface area contributed by atoms with E-state index in [4.69, 9.17) is 17.3 Å². The van der Waals surface area contributed by atoms with E-state index in [-0.39, 0.29) is 5.62 Å². The Morgan fingerprint density at radius 1 is 1.46 bits per heavy atom. The van der Waals surface area contributed by atoms with E-state index in [2.05, 4.69) is 0 Å². The summed E-state index contributed by atoms with van der Waals surface area (Å²) in [6.45, 7) is 0. The van der Waals surface area contributed by atoms with Crippen molar-refractivity contribution in [3.05, 3.63) is 35.9 Å². The Hall–Kier alpha value is -0.340. The molecule has 0 bridgehead atoms. The SMILES string of the molecule is NC(c1ccccc1)P(=O)(O)CCl. The van der Waals surface area contributed by atoms with Crippen LogP contribution in [0.1, 0.15) is 11.3 Å². The summed E-state index contributed by atoms with van der Waals surface area (Å²) in [5.41, 5.74) is 5.90. The quantitative estimate of drug-likeness (QED) is 0.605. The fraction of sp³-hybridized carbons (Fsp3) is 0.250. The zero-order valence-electron chi connectivity index (χ0n) is 6.93. The first-order valence-corrected chi connectivity index (χ1v) is 6.21. The van der Waals surface area contributed by atoms with Crippen molar-refractivity contribution in [2.75, 3.05) is 5.62 Å². The van der Waals surface area contributed by atoms with Gasteiger partial charge in [-0.25, -0.2) is 0 Å². The Labute approximate surface area is 82.0 Å². The van der Waals surface area contributed by atoms with Gasteiger partial charge >= 0.3 is 0 Å². The lowest BCUT2D eigenvalue weighted by Crippen LogP contribution is -2.11. The Morgan fingerprint density at radius 3 is 2.46 bits per heavy atom. The van der Waals surface area contributed by atoms with E-state index in [1.807, 2.05) is 6.07 Å². The summed E-state index contributed by atoms with van der Waals surface area (Å²) in [4.78, 5) is 9.34. The first kappa shape index (κ1) is 10.7. The molecule has 0 saturated carbocycles. The van der Waals surface area contributed by atoms with Gasteiger partial charge in [0.25, 0.3) is 0 Å². The van der Waals surface area contributed by atoms with Gasteiger partial charge in [0.15, 0.2) is 0 Å². The number of alkyl halides is 1. The third-order valence-electron chi connectivity index (χ3n) is 1.75. The summed E-state index contributed by atoms with van der Waals surface area (Å²) in [7, 11) is -3.44. The fourth-order valence-corrected chi connectivity index (χ4v) is 2.19. The molecule has 0 aliphatic carbocycles. The van der Waals surface area contributed by atoms with Crippen LogP contribution in [0.5, 0.6) is 0 Å². The minimum atomic E-state index is -3.44. The van der Waals surface area contributed by atoms with Gasteiger partial charge in [0.2, 0.25) is 7.37 Å².